The second-order valence-corrected chi connectivity index (χ2v) is 3.27. The Kier molecular flexibility index (Phi) is 3.73. The van der Waals surface area contributed by atoms with Crippen LogP contribution in [0.3, 0.4) is 0 Å². The van der Waals surface area contributed by atoms with Crippen LogP contribution in [0.15, 0.2) is 23.4 Å². The van der Waals surface area contributed by atoms with E-state index in [4.69, 9.17) is 9.29 Å². The van der Waals surface area contributed by atoms with E-state index in [-0.39, 0.29) is 17.2 Å². The van der Waals surface area contributed by atoms with Crippen LogP contribution in [-0.4, -0.2) is 26.3 Å². The normalized spacial score (nSPS) is 12.1. The Hall–Kier alpha value is -1.27. The fourth-order valence-corrected chi connectivity index (χ4v) is 1.15. The fraction of sp³-hybridized carbons (Fsp3) is 0.250. The topological polar surface area (TPSA) is 76.5 Å². The number of pyridine rings is 1. The Morgan fingerprint density at radius 1 is 1.64 bits per heavy atom. The van der Waals surface area contributed by atoms with Crippen LogP contribution in [0.4, 0.5) is 0 Å². The van der Waals surface area contributed by atoms with Gasteiger partial charge in [-0.25, -0.2) is 14.0 Å². The molecule has 0 saturated carbocycles. The van der Waals surface area contributed by atoms with E-state index in [1.54, 1.807) is 6.92 Å². The molecule has 1 N–H and O–H groups in total. The van der Waals surface area contributed by atoms with Crippen molar-refractivity contribution in [3.63, 3.8) is 0 Å². The van der Waals surface area contributed by atoms with E-state index in [1.807, 2.05) is 0 Å². The molecule has 0 aliphatic carbocycles. The van der Waals surface area contributed by atoms with Crippen molar-refractivity contribution in [3.8, 4) is 0 Å². The van der Waals surface area contributed by atoms with Gasteiger partial charge in [0.15, 0.2) is 5.03 Å². The summed E-state index contributed by atoms with van der Waals surface area (Å²) in [6.07, 6.45) is 1.21. The summed E-state index contributed by atoms with van der Waals surface area (Å²) in [4.78, 5) is 14.8. The zero-order valence-electron chi connectivity index (χ0n) is 7.47. The van der Waals surface area contributed by atoms with Gasteiger partial charge >= 0.3 is 5.97 Å². The molecule has 0 amide bonds. The van der Waals surface area contributed by atoms with Gasteiger partial charge in [0.25, 0.3) is 0 Å². The van der Waals surface area contributed by atoms with Crippen LogP contribution in [0.5, 0.6) is 0 Å². The molecule has 0 aliphatic heterocycles. The van der Waals surface area contributed by atoms with E-state index >= 15 is 0 Å². The van der Waals surface area contributed by atoms with E-state index in [9.17, 15) is 9.00 Å². The molecule has 1 aromatic heterocycles. The fourth-order valence-electron chi connectivity index (χ4n) is 0.819. The van der Waals surface area contributed by atoms with Gasteiger partial charge in [-0.1, -0.05) is 0 Å². The smallest absolute Gasteiger partial charge is 0.339 e. The van der Waals surface area contributed by atoms with Gasteiger partial charge in [0.2, 0.25) is 11.1 Å². The predicted molar refractivity (Wildman–Crippen MR) is 49.2 cm³/mol. The molecule has 1 atom stereocenters. The Morgan fingerprint density at radius 3 is 2.79 bits per heavy atom. The minimum Gasteiger partial charge on any atom is -0.462 e. The molecule has 0 aromatic carbocycles. The van der Waals surface area contributed by atoms with Crippen molar-refractivity contribution in [2.24, 2.45) is 0 Å². The Balaban J connectivity index is 2.83. The van der Waals surface area contributed by atoms with E-state index in [0.717, 1.165) is 0 Å². The van der Waals surface area contributed by atoms with Gasteiger partial charge < -0.3 is 9.29 Å². The number of aromatic nitrogens is 1. The lowest BCUT2D eigenvalue weighted by atomic mass is 10.3. The molecule has 1 unspecified atom stereocenters. The van der Waals surface area contributed by atoms with Crippen molar-refractivity contribution < 1.29 is 18.3 Å². The maximum Gasteiger partial charge on any atom is 0.339 e. The van der Waals surface area contributed by atoms with E-state index in [1.165, 1.54) is 18.3 Å². The Morgan fingerprint density at radius 2 is 2.36 bits per heavy atom. The largest absolute Gasteiger partial charge is 0.462 e. The summed E-state index contributed by atoms with van der Waals surface area (Å²) in [5, 5.41) is 0.0121. The molecular weight excluding hydrogens is 206 g/mol. The number of carbonyl (C=O) groups excluding carboxylic acids is 1. The second kappa shape index (κ2) is 4.83. The first-order valence-corrected chi connectivity index (χ1v) is 5.00. The van der Waals surface area contributed by atoms with Crippen molar-refractivity contribution in [2.75, 3.05) is 6.61 Å². The number of ether oxygens (including phenoxy) is 1. The molecule has 76 valence electrons. The first-order chi connectivity index (χ1) is 6.65. The summed E-state index contributed by atoms with van der Waals surface area (Å²) in [7, 11) is 0. The molecule has 0 aliphatic rings. The SMILES string of the molecule is CCOC(=O)c1ccc(S(=O)O)nc1. The zero-order chi connectivity index (χ0) is 10.6. The quantitative estimate of drug-likeness (QED) is 0.597. The van der Waals surface area contributed by atoms with Gasteiger partial charge in [-0.2, -0.15) is 0 Å². The van der Waals surface area contributed by atoms with E-state index in [2.05, 4.69) is 4.98 Å². The molecule has 0 spiro atoms. The highest BCUT2D eigenvalue weighted by Crippen LogP contribution is 2.04. The van der Waals surface area contributed by atoms with Crippen LogP contribution in [0.2, 0.25) is 0 Å². The van der Waals surface area contributed by atoms with Crippen molar-refractivity contribution >= 4 is 17.0 Å². The molecule has 0 radical (unpaired) electrons. The summed E-state index contributed by atoms with van der Waals surface area (Å²) >= 11 is -2.12. The summed E-state index contributed by atoms with van der Waals surface area (Å²) in [5.74, 6) is -0.490. The molecule has 0 saturated heterocycles. The summed E-state index contributed by atoms with van der Waals surface area (Å²) in [6.45, 7) is 1.98. The molecule has 6 heteroatoms. The van der Waals surface area contributed by atoms with Crippen molar-refractivity contribution in [1.82, 2.24) is 4.98 Å². The standard InChI is InChI=1S/C8H9NO4S/c1-2-13-8(10)6-3-4-7(9-5-6)14(11)12/h3-5H,2H2,1H3,(H,11,12). The lowest BCUT2D eigenvalue weighted by Crippen LogP contribution is -2.05. The average Bonchev–Trinajstić information content (AvgIpc) is 2.18. The summed E-state index contributed by atoms with van der Waals surface area (Å²) < 4.78 is 23.9. The molecule has 14 heavy (non-hydrogen) atoms. The van der Waals surface area contributed by atoms with Crippen molar-refractivity contribution in [3.05, 3.63) is 23.9 Å². The van der Waals surface area contributed by atoms with Crippen LogP contribution in [-0.2, 0) is 15.8 Å². The molecule has 1 rings (SSSR count). The molecule has 5 nitrogen and oxygen atoms in total. The lowest BCUT2D eigenvalue weighted by Gasteiger charge is -2.00. The first kappa shape index (κ1) is 10.8. The van der Waals surface area contributed by atoms with Gasteiger partial charge in [0, 0.05) is 6.20 Å². The van der Waals surface area contributed by atoms with E-state index < -0.39 is 17.0 Å². The van der Waals surface area contributed by atoms with Crippen LogP contribution in [0, 0.1) is 0 Å². The second-order valence-electron chi connectivity index (χ2n) is 2.35. The molecule has 0 fully saturated rings. The van der Waals surface area contributed by atoms with Gasteiger partial charge in [0.1, 0.15) is 0 Å². The number of hydrogen-bond acceptors (Lipinski definition) is 4. The monoisotopic (exact) mass is 215 g/mol. The molecular formula is C8H9NO4S. The highest BCUT2D eigenvalue weighted by molar-refractivity contribution is 7.79. The molecule has 0 bridgehead atoms. The van der Waals surface area contributed by atoms with Crippen molar-refractivity contribution in [1.29, 1.82) is 0 Å². The van der Waals surface area contributed by atoms with Crippen LogP contribution in [0.1, 0.15) is 17.3 Å². The highest BCUT2D eigenvalue weighted by atomic mass is 32.2. The maximum atomic E-state index is 11.1. The Labute approximate surface area is 83.4 Å². The summed E-state index contributed by atoms with van der Waals surface area (Å²) in [6, 6.07) is 2.71. The van der Waals surface area contributed by atoms with Gasteiger partial charge in [-0.15, -0.1) is 0 Å². The van der Waals surface area contributed by atoms with Crippen LogP contribution >= 0.6 is 0 Å². The highest BCUT2D eigenvalue weighted by Gasteiger charge is 2.08. The van der Waals surface area contributed by atoms with Crippen LogP contribution < -0.4 is 0 Å². The first-order valence-electron chi connectivity index (χ1n) is 3.89. The molecule has 1 aromatic rings. The van der Waals surface area contributed by atoms with Crippen molar-refractivity contribution in [2.45, 2.75) is 11.9 Å². The van der Waals surface area contributed by atoms with Gasteiger partial charge in [-0.05, 0) is 19.1 Å². The third kappa shape index (κ3) is 2.61. The number of esters is 1. The van der Waals surface area contributed by atoms with E-state index in [0.29, 0.717) is 0 Å². The number of carbonyl (C=O) groups is 1. The predicted octanol–water partition coefficient (Wildman–Crippen LogP) is 0.839. The third-order valence-corrected chi connectivity index (χ3v) is 2.03. The number of rotatable bonds is 3. The minimum absolute atomic E-state index is 0.0121. The maximum absolute atomic E-state index is 11.1. The number of hydrogen-bond donors (Lipinski definition) is 1. The summed E-state index contributed by atoms with van der Waals surface area (Å²) in [5.41, 5.74) is 0.265. The Bertz CT molecular complexity index is 349. The molecule has 1 heterocycles. The minimum atomic E-state index is -2.12. The van der Waals surface area contributed by atoms with Gasteiger partial charge in [-0.3, -0.25) is 0 Å². The lowest BCUT2D eigenvalue weighted by molar-refractivity contribution is 0.0525. The van der Waals surface area contributed by atoms with Gasteiger partial charge in [0.05, 0.1) is 12.2 Å². The average molecular weight is 215 g/mol. The third-order valence-electron chi connectivity index (χ3n) is 1.43. The van der Waals surface area contributed by atoms with Crippen LogP contribution in [0.25, 0.3) is 0 Å². The zero-order valence-corrected chi connectivity index (χ0v) is 8.28. The number of nitrogens with zero attached hydrogens (tertiary/aromatic N) is 1.